The van der Waals surface area contributed by atoms with E-state index in [1.54, 1.807) is 14.2 Å². The summed E-state index contributed by atoms with van der Waals surface area (Å²) in [5.41, 5.74) is 10.5. The van der Waals surface area contributed by atoms with E-state index in [9.17, 15) is 0 Å². The Bertz CT molecular complexity index is 1150. The van der Waals surface area contributed by atoms with E-state index in [1.807, 2.05) is 11.3 Å². The van der Waals surface area contributed by atoms with Crippen LogP contribution in [0.1, 0.15) is 34.9 Å². The van der Waals surface area contributed by atoms with Gasteiger partial charge in [-0.3, -0.25) is 0 Å². The molecule has 0 aliphatic heterocycles. The number of ether oxygens (including phenoxy) is 2. The Morgan fingerprint density at radius 1 is 0.933 bits per heavy atom. The lowest BCUT2D eigenvalue weighted by molar-refractivity contribution is 0.352. The molecule has 0 amide bonds. The molecule has 154 valence electrons. The lowest BCUT2D eigenvalue weighted by atomic mass is 9.99. The highest BCUT2D eigenvalue weighted by Crippen LogP contribution is 2.40. The molecule has 3 aromatic rings. The van der Waals surface area contributed by atoms with Crippen LogP contribution >= 0.6 is 11.3 Å². The lowest BCUT2D eigenvalue weighted by Crippen LogP contribution is -1.97. The standard InChI is InChI=1S/C27H28O2S/c1-17-7-6-8-22(9-17)23-15-26(30-16-23)24-13-20(10-18(24)2)12-21-11-19(3)27(29-5)25(14-21)28-4/h6-11,14-16H,12-13H2,1-5H3. The molecular formula is C27H28O2S. The first-order chi connectivity index (χ1) is 14.5. The van der Waals surface area contributed by atoms with E-state index in [4.69, 9.17) is 9.47 Å². The largest absolute Gasteiger partial charge is 0.493 e. The number of hydrogen-bond donors (Lipinski definition) is 0. The van der Waals surface area contributed by atoms with E-state index in [-0.39, 0.29) is 0 Å². The zero-order chi connectivity index (χ0) is 21.3. The predicted molar refractivity (Wildman–Crippen MR) is 128 cm³/mol. The van der Waals surface area contributed by atoms with Crippen LogP contribution in [0.4, 0.5) is 0 Å². The Balaban J connectivity index is 1.52. The van der Waals surface area contributed by atoms with Crippen LogP contribution < -0.4 is 9.47 Å². The summed E-state index contributed by atoms with van der Waals surface area (Å²) in [6.07, 6.45) is 4.29. The highest BCUT2D eigenvalue weighted by molar-refractivity contribution is 7.11. The summed E-state index contributed by atoms with van der Waals surface area (Å²) in [6, 6.07) is 15.4. The maximum atomic E-state index is 5.53. The number of allylic oxidation sites excluding steroid dienone is 4. The quantitative estimate of drug-likeness (QED) is 0.417. The van der Waals surface area contributed by atoms with Crippen LogP contribution in [-0.4, -0.2) is 14.2 Å². The van der Waals surface area contributed by atoms with Crippen molar-refractivity contribution < 1.29 is 9.47 Å². The Morgan fingerprint density at radius 2 is 1.77 bits per heavy atom. The summed E-state index contributed by atoms with van der Waals surface area (Å²) < 4.78 is 11.0. The average molecular weight is 417 g/mol. The molecule has 0 saturated heterocycles. The third kappa shape index (κ3) is 4.08. The van der Waals surface area contributed by atoms with Crippen LogP contribution in [-0.2, 0) is 6.42 Å². The van der Waals surface area contributed by atoms with E-state index in [0.29, 0.717) is 0 Å². The third-order valence-electron chi connectivity index (χ3n) is 5.70. The SMILES string of the molecule is COc1cc(CC2=CC(C)=C(c3cc(-c4cccc(C)c4)cs3)C2)cc(C)c1OC. The summed E-state index contributed by atoms with van der Waals surface area (Å²) in [6.45, 7) is 6.45. The summed E-state index contributed by atoms with van der Waals surface area (Å²) in [5.74, 6) is 1.62. The van der Waals surface area contributed by atoms with Crippen molar-refractivity contribution in [3.8, 4) is 22.6 Å². The maximum Gasteiger partial charge on any atom is 0.163 e. The molecule has 3 heteroatoms. The molecule has 0 spiro atoms. The Hall–Kier alpha value is -2.78. The molecule has 4 rings (SSSR count). The zero-order valence-electron chi connectivity index (χ0n) is 18.3. The summed E-state index contributed by atoms with van der Waals surface area (Å²) >= 11 is 1.85. The summed E-state index contributed by atoms with van der Waals surface area (Å²) in [5, 5.41) is 2.28. The fourth-order valence-electron chi connectivity index (χ4n) is 4.27. The molecule has 1 heterocycles. The second kappa shape index (κ2) is 8.53. The van der Waals surface area contributed by atoms with Gasteiger partial charge in [0.15, 0.2) is 11.5 Å². The number of hydrogen-bond acceptors (Lipinski definition) is 3. The van der Waals surface area contributed by atoms with Gasteiger partial charge in [-0.25, -0.2) is 0 Å². The molecule has 0 unspecified atom stereocenters. The number of thiophene rings is 1. The van der Waals surface area contributed by atoms with Crippen molar-refractivity contribution in [3.05, 3.63) is 86.6 Å². The van der Waals surface area contributed by atoms with Gasteiger partial charge in [0.25, 0.3) is 0 Å². The molecule has 1 aliphatic rings. The monoisotopic (exact) mass is 416 g/mol. The van der Waals surface area contributed by atoms with Crippen molar-refractivity contribution in [1.82, 2.24) is 0 Å². The van der Waals surface area contributed by atoms with Gasteiger partial charge in [0, 0.05) is 4.88 Å². The van der Waals surface area contributed by atoms with E-state index >= 15 is 0 Å². The molecular weight excluding hydrogens is 388 g/mol. The molecule has 0 N–H and O–H groups in total. The first kappa shape index (κ1) is 20.5. The number of rotatable bonds is 6. The van der Waals surface area contributed by atoms with Gasteiger partial charge in [-0.05, 0) is 84.5 Å². The molecule has 1 aromatic heterocycles. The van der Waals surface area contributed by atoms with Gasteiger partial charge in [-0.2, -0.15) is 0 Å². The minimum absolute atomic E-state index is 0.803. The minimum Gasteiger partial charge on any atom is -0.493 e. The van der Waals surface area contributed by atoms with Crippen molar-refractivity contribution in [1.29, 1.82) is 0 Å². The average Bonchev–Trinajstić information content (AvgIpc) is 3.34. The molecule has 0 atom stereocenters. The Kier molecular flexibility index (Phi) is 5.83. The van der Waals surface area contributed by atoms with E-state index in [0.717, 1.165) is 29.9 Å². The van der Waals surface area contributed by atoms with Gasteiger partial charge >= 0.3 is 0 Å². The predicted octanol–water partition coefficient (Wildman–Crippen LogP) is 7.40. The third-order valence-corrected chi connectivity index (χ3v) is 6.69. The van der Waals surface area contributed by atoms with Gasteiger partial charge in [-0.15, -0.1) is 11.3 Å². The van der Waals surface area contributed by atoms with Crippen LogP contribution in [0.5, 0.6) is 11.5 Å². The van der Waals surface area contributed by atoms with Crippen LogP contribution in [0.2, 0.25) is 0 Å². The minimum atomic E-state index is 0.803. The van der Waals surface area contributed by atoms with Crippen molar-refractivity contribution in [2.75, 3.05) is 14.2 Å². The van der Waals surface area contributed by atoms with Crippen LogP contribution in [0, 0.1) is 13.8 Å². The maximum absolute atomic E-state index is 5.53. The van der Waals surface area contributed by atoms with Crippen molar-refractivity contribution in [2.45, 2.75) is 33.6 Å². The van der Waals surface area contributed by atoms with Gasteiger partial charge in [0.05, 0.1) is 14.2 Å². The molecule has 2 aromatic carbocycles. The number of aryl methyl sites for hydroxylation is 2. The van der Waals surface area contributed by atoms with Crippen LogP contribution in [0.25, 0.3) is 16.7 Å². The lowest BCUT2D eigenvalue weighted by Gasteiger charge is -2.13. The van der Waals surface area contributed by atoms with E-state index in [2.05, 4.69) is 74.7 Å². The highest BCUT2D eigenvalue weighted by atomic mass is 32.1. The van der Waals surface area contributed by atoms with Crippen LogP contribution in [0.3, 0.4) is 0 Å². The van der Waals surface area contributed by atoms with Crippen molar-refractivity contribution in [3.63, 3.8) is 0 Å². The highest BCUT2D eigenvalue weighted by Gasteiger charge is 2.18. The first-order valence-corrected chi connectivity index (χ1v) is 11.1. The molecule has 0 fully saturated rings. The summed E-state index contributed by atoms with van der Waals surface area (Å²) in [4.78, 5) is 1.37. The van der Waals surface area contributed by atoms with Gasteiger partial charge in [-0.1, -0.05) is 47.5 Å². The fraction of sp³-hybridized carbons (Fsp3) is 0.259. The van der Waals surface area contributed by atoms with Crippen molar-refractivity contribution in [2.24, 2.45) is 0 Å². The fourth-order valence-corrected chi connectivity index (χ4v) is 5.30. The smallest absolute Gasteiger partial charge is 0.163 e. The normalized spacial score (nSPS) is 13.6. The van der Waals surface area contributed by atoms with Gasteiger partial charge in [0.2, 0.25) is 0 Å². The zero-order valence-corrected chi connectivity index (χ0v) is 19.2. The molecule has 0 bridgehead atoms. The van der Waals surface area contributed by atoms with Crippen LogP contribution in [0.15, 0.2) is 65.1 Å². The molecule has 30 heavy (non-hydrogen) atoms. The topological polar surface area (TPSA) is 18.5 Å². The Morgan fingerprint density at radius 3 is 2.50 bits per heavy atom. The Labute approximate surface area is 183 Å². The molecule has 1 aliphatic carbocycles. The molecule has 0 radical (unpaired) electrons. The molecule has 0 saturated carbocycles. The second-order valence-corrected chi connectivity index (χ2v) is 8.95. The van der Waals surface area contributed by atoms with Gasteiger partial charge < -0.3 is 9.47 Å². The number of methoxy groups -OCH3 is 2. The van der Waals surface area contributed by atoms with E-state index in [1.165, 1.54) is 43.9 Å². The summed E-state index contributed by atoms with van der Waals surface area (Å²) in [7, 11) is 3.39. The molecule has 2 nitrogen and oxygen atoms in total. The van der Waals surface area contributed by atoms with Crippen molar-refractivity contribution >= 4 is 16.9 Å². The van der Waals surface area contributed by atoms with E-state index < -0.39 is 0 Å². The first-order valence-electron chi connectivity index (χ1n) is 10.2. The van der Waals surface area contributed by atoms with Gasteiger partial charge in [0.1, 0.15) is 0 Å². The number of benzene rings is 2. The second-order valence-electron chi connectivity index (χ2n) is 8.04.